The van der Waals surface area contributed by atoms with Gasteiger partial charge in [0, 0.05) is 105 Å². The lowest BCUT2D eigenvalue weighted by atomic mass is 10.0. The van der Waals surface area contributed by atoms with Gasteiger partial charge < -0.3 is 9.32 Å². The van der Waals surface area contributed by atoms with Gasteiger partial charge >= 0.3 is 0 Å². The van der Waals surface area contributed by atoms with Gasteiger partial charge in [-0.05, 0) is 77.9 Å². The Bertz CT molecular complexity index is 2780. The smallest absolute Gasteiger partial charge is 0.139 e. The minimum absolute atomic E-state index is 0.827. The number of furan rings is 1. The Morgan fingerprint density at radius 1 is 0.404 bits per heavy atom. The van der Waals surface area contributed by atoms with E-state index in [9.17, 15) is 0 Å². The van der Waals surface area contributed by atoms with Crippen LogP contribution in [-0.2, 0) is 0 Å². The number of benzene rings is 4. The number of hydrogen-bond donors (Lipinski definition) is 0. The van der Waals surface area contributed by atoms with Crippen LogP contribution in [0.2, 0.25) is 0 Å². The van der Waals surface area contributed by atoms with Crippen LogP contribution in [0, 0.1) is 0 Å². The molecule has 4 aromatic carbocycles. The van der Waals surface area contributed by atoms with Crippen molar-refractivity contribution in [3.8, 4) is 33.5 Å². The van der Waals surface area contributed by atoms with Gasteiger partial charge in [-0.15, -0.1) is 0 Å². The van der Waals surface area contributed by atoms with Crippen LogP contribution in [0.15, 0.2) is 175 Å². The van der Waals surface area contributed by atoms with Crippen LogP contribution < -0.4 is 4.90 Å². The van der Waals surface area contributed by atoms with Gasteiger partial charge in [-0.25, -0.2) is 0 Å². The molecule has 0 unspecified atom stereocenters. The Labute approximate surface area is 298 Å². The van der Waals surface area contributed by atoms with Crippen molar-refractivity contribution in [1.82, 2.24) is 24.9 Å². The first-order valence-corrected chi connectivity index (χ1v) is 17.0. The van der Waals surface area contributed by atoms with Crippen LogP contribution in [0.3, 0.4) is 0 Å². The number of rotatable bonds is 6. The van der Waals surface area contributed by atoms with Crippen LogP contribution in [0.5, 0.6) is 0 Å². The normalized spacial score (nSPS) is 11.5. The minimum Gasteiger partial charge on any atom is -0.456 e. The van der Waals surface area contributed by atoms with Crippen LogP contribution >= 0.6 is 0 Å². The predicted molar refractivity (Wildman–Crippen MR) is 209 cm³/mol. The summed E-state index contributed by atoms with van der Waals surface area (Å²) in [5, 5.41) is 4.11. The van der Waals surface area contributed by atoms with Crippen molar-refractivity contribution in [2.75, 3.05) is 4.90 Å². The van der Waals surface area contributed by atoms with Gasteiger partial charge in [0.25, 0.3) is 0 Å². The van der Waals surface area contributed by atoms with Gasteiger partial charge in [0.05, 0.1) is 16.7 Å². The molecule has 0 aliphatic carbocycles. The topological polar surface area (TPSA) is 80.8 Å². The molecule has 244 valence electrons. The molecule has 52 heavy (non-hydrogen) atoms. The highest BCUT2D eigenvalue weighted by molar-refractivity contribution is 6.05. The average Bonchev–Trinajstić information content (AvgIpc) is 3.59. The second kappa shape index (κ2) is 12.3. The van der Waals surface area contributed by atoms with E-state index < -0.39 is 0 Å². The second-order valence-corrected chi connectivity index (χ2v) is 12.7. The van der Waals surface area contributed by atoms with Gasteiger partial charge in [-0.1, -0.05) is 54.6 Å². The molecule has 0 N–H and O–H groups in total. The summed E-state index contributed by atoms with van der Waals surface area (Å²) < 4.78 is 6.16. The van der Waals surface area contributed by atoms with E-state index >= 15 is 0 Å². The van der Waals surface area contributed by atoms with E-state index in [0.29, 0.717) is 0 Å². The molecule has 7 nitrogen and oxygen atoms in total. The zero-order valence-electron chi connectivity index (χ0n) is 27.8. The van der Waals surface area contributed by atoms with E-state index in [2.05, 4.69) is 116 Å². The lowest BCUT2D eigenvalue weighted by Crippen LogP contribution is -2.09. The van der Waals surface area contributed by atoms with Gasteiger partial charge in [0.1, 0.15) is 11.2 Å². The highest BCUT2D eigenvalue weighted by atomic mass is 16.3. The SMILES string of the molecule is c1ccc2c(c1)oc1cc(-c3ccc(N(c4ccc(-c5cnc6ccncc6c5)cc4)c4ccc(-c5cnc6ccncc6c5)cc4)cc3)ncc12. The molecule has 0 amide bonds. The molecule has 0 fully saturated rings. The fraction of sp³-hybridized carbons (Fsp3) is 0. The maximum absolute atomic E-state index is 6.16. The van der Waals surface area contributed by atoms with Gasteiger partial charge in [0.15, 0.2) is 0 Å². The molecular weight excluding hydrogens is 641 g/mol. The third kappa shape index (κ3) is 5.28. The fourth-order valence-electron chi connectivity index (χ4n) is 6.87. The third-order valence-electron chi connectivity index (χ3n) is 9.57. The summed E-state index contributed by atoms with van der Waals surface area (Å²) in [7, 11) is 0. The number of para-hydroxylation sites is 1. The van der Waals surface area contributed by atoms with Crippen LogP contribution in [-0.4, -0.2) is 24.9 Å². The first kappa shape index (κ1) is 29.6. The van der Waals surface area contributed by atoms with E-state index in [1.54, 1.807) is 12.4 Å². The summed E-state index contributed by atoms with van der Waals surface area (Å²) in [4.78, 5) is 24.9. The molecule has 0 radical (unpaired) electrons. The average molecular weight is 669 g/mol. The first-order valence-electron chi connectivity index (χ1n) is 17.0. The Morgan fingerprint density at radius 3 is 1.52 bits per heavy atom. The van der Waals surface area contributed by atoms with Crippen molar-refractivity contribution in [3.05, 3.63) is 171 Å². The summed E-state index contributed by atoms with van der Waals surface area (Å²) >= 11 is 0. The lowest BCUT2D eigenvalue weighted by Gasteiger charge is -2.26. The number of pyridine rings is 5. The number of aromatic nitrogens is 5. The molecule has 0 aliphatic rings. The van der Waals surface area contributed by atoms with Crippen LogP contribution in [0.25, 0.3) is 77.3 Å². The minimum atomic E-state index is 0.827. The maximum Gasteiger partial charge on any atom is 0.139 e. The zero-order valence-corrected chi connectivity index (χ0v) is 27.8. The van der Waals surface area contributed by atoms with Gasteiger partial charge in [-0.3, -0.25) is 24.9 Å². The molecule has 0 saturated heterocycles. The molecule has 10 aromatic rings. The quantitative estimate of drug-likeness (QED) is 0.174. The van der Waals surface area contributed by atoms with E-state index in [0.717, 1.165) is 94.3 Å². The Hall–Kier alpha value is -7.25. The number of fused-ring (bicyclic) bond motifs is 5. The summed E-state index contributed by atoms with van der Waals surface area (Å²) in [6.07, 6.45) is 13.0. The lowest BCUT2D eigenvalue weighted by molar-refractivity contribution is 0.668. The van der Waals surface area contributed by atoms with Crippen LogP contribution in [0.1, 0.15) is 0 Å². The number of hydrogen-bond acceptors (Lipinski definition) is 7. The highest BCUT2D eigenvalue weighted by Gasteiger charge is 2.15. The largest absolute Gasteiger partial charge is 0.456 e. The van der Waals surface area contributed by atoms with E-state index in [1.807, 2.05) is 67.4 Å². The molecule has 7 heteroatoms. The molecule has 0 atom stereocenters. The van der Waals surface area contributed by atoms with Crippen molar-refractivity contribution in [1.29, 1.82) is 0 Å². The Balaban J connectivity index is 1.02. The summed E-state index contributed by atoms with van der Waals surface area (Å²) in [5.74, 6) is 0. The fourth-order valence-corrected chi connectivity index (χ4v) is 6.87. The summed E-state index contributed by atoms with van der Waals surface area (Å²) in [6, 6.07) is 43.9. The summed E-state index contributed by atoms with van der Waals surface area (Å²) in [5.41, 5.74) is 12.7. The van der Waals surface area contributed by atoms with Crippen molar-refractivity contribution >= 4 is 60.8 Å². The molecule has 0 spiro atoms. The molecule has 0 saturated carbocycles. The Kier molecular flexibility index (Phi) is 6.99. The zero-order chi connectivity index (χ0) is 34.4. The monoisotopic (exact) mass is 668 g/mol. The molecule has 6 heterocycles. The molecule has 6 aromatic heterocycles. The summed E-state index contributed by atoms with van der Waals surface area (Å²) in [6.45, 7) is 0. The molecule has 0 aliphatic heterocycles. The molecule has 0 bridgehead atoms. The van der Waals surface area contributed by atoms with Crippen LogP contribution in [0.4, 0.5) is 17.1 Å². The van der Waals surface area contributed by atoms with E-state index in [-0.39, 0.29) is 0 Å². The van der Waals surface area contributed by atoms with Gasteiger partial charge in [-0.2, -0.15) is 0 Å². The second-order valence-electron chi connectivity index (χ2n) is 12.7. The molecular formula is C45H28N6O. The predicted octanol–water partition coefficient (Wildman–Crippen LogP) is 11.3. The van der Waals surface area contributed by atoms with Crippen molar-refractivity contribution in [3.63, 3.8) is 0 Å². The number of nitrogens with zero attached hydrogens (tertiary/aromatic N) is 6. The maximum atomic E-state index is 6.16. The Morgan fingerprint density at radius 2 is 0.942 bits per heavy atom. The number of anilines is 3. The standard InChI is InChI=1S/C45H28N6O/c1-2-4-44-39(3-1)40-28-50-43(23-45(40)52-44)31-9-15-38(16-10-31)51(36-11-5-29(6-12-36)32-21-34-24-46-19-17-41(34)48-26-32)37-13-7-30(8-14-37)33-22-35-25-47-20-18-42(35)49-27-33/h1-28H. The van der Waals surface area contributed by atoms with Crippen molar-refractivity contribution in [2.45, 2.75) is 0 Å². The van der Waals surface area contributed by atoms with E-state index in [4.69, 9.17) is 9.40 Å². The van der Waals surface area contributed by atoms with E-state index in [1.165, 1.54) is 0 Å². The highest BCUT2D eigenvalue weighted by Crippen LogP contribution is 2.38. The van der Waals surface area contributed by atoms with Gasteiger partial charge in [0.2, 0.25) is 0 Å². The molecule has 10 rings (SSSR count). The first-order chi connectivity index (χ1) is 25.7. The third-order valence-corrected chi connectivity index (χ3v) is 9.57. The van der Waals surface area contributed by atoms with Crippen molar-refractivity contribution < 1.29 is 4.42 Å². The van der Waals surface area contributed by atoms with Crippen molar-refractivity contribution in [2.24, 2.45) is 0 Å².